The zero-order chi connectivity index (χ0) is 19.0. The number of esters is 1. The normalized spacial score (nSPS) is 11.2. The van der Waals surface area contributed by atoms with Gasteiger partial charge >= 0.3 is 5.97 Å². The first-order chi connectivity index (χ1) is 12.3. The number of carbonyl (C=O) groups is 1. The predicted octanol–water partition coefficient (Wildman–Crippen LogP) is 3.73. The molecule has 3 rings (SSSR count). The number of rotatable bonds is 5. The van der Waals surface area contributed by atoms with Crippen LogP contribution in [0.2, 0.25) is 0 Å². The summed E-state index contributed by atoms with van der Waals surface area (Å²) in [6.07, 6.45) is 0. The van der Waals surface area contributed by atoms with E-state index < -0.39 is 0 Å². The second kappa shape index (κ2) is 7.03. The molecular formula is C18H22N4O3S. The summed E-state index contributed by atoms with van der Waals surface area (Å²) in [6.45, 7) is 10.3. The van der Waals surface area contributed by atoms with E-state index in [1.807, 2.05) is 39.6 Å². The summed E-state index contributed by atoms with van der Waals surface area (Å²) >= 11 is 1.35. The quantitative estimate of drug-likeness (QED) is 0.629. The van der Waals surface area contributed by atoms with Crippen LogP contribution in [0.3, 0.4) is 0 Å². The number of aromatic nitrogens is 3. The lowest BCUT2D eigenvalue weighted by Gasteiger charge is -2.19. The van der Waals surface area contributed by atoms with Gasteiger partial charge in [-0.05, 0) is 40.2 Å². The van der Waals surface area contributed by atoms with Crippen molar-refractivity contribution in [3.05, 3.63) is 33.3 Å². The van der Waals surface area contributed by atoms with E-state index in [1.54, 1.807) is 6.92 Å². The Hall–Kier alpha value is -2.48. The molecule has 3 heterocycles. The molecule has 0 aliphatic rings. The van der Waals surface area contributed by atoms with Gasteiger partial charge in [0.15, 0.2) is 0 Å². The molecule has 0 amide bonds. The maximum Gasteiger partial charge on any atom is 0.348 e. The Balaban J connectivity index is 2.08. The molecule has 0 aliphatic heterocycles. The van der Waals surface area contributed by atoms with Crippen LogP contribution < -0.4 is 4.90 Å². The van der Waals surface area contributed by atoms with Gasteiger partial charge in [0.2, 0.25) is 0 Å². The summed E-state index contributed by atoms with van der Waals surface area (Å²) in [5.41, 5.74) is 2.75. The van der Waals surface area contributed by atoms with Crippen molar-refractivity contribution in [2.75, 3.05) is 18.6 Å². The molecule has 0 N–H and O–H groups in total. The summed E-state index contributed by atoms with van der Waals surface area (Å²) < 4.78 is 10.4. The van der Waals surface area contributed by atoms with Crippen molar-refractivity contribution < 1.29 is 14.1 Å². The Morgan fingerprint density at radius 3 is 2.58 bits per heavy atom. The molecule has 0 spiro atoms. The monoisotopic (exact) mass is 374 g/mol. The van der Waals surface area contributed by atoms with Gasteiger partial charge in [0.25, 0.3) is 0 Å². The molecule has 0 radical (unpaired) electrons. The van der Waals surface area contributed by atoms with Crippen molar-refractivity contribution in [2.45, 2.75) is 41.2 Å². The Bertz CT molecular complexity index is 957. The van der Waals surface area contributed by atoms with E-state index in [2.05, 4.69) is 15.1 Å². The fourth-order valence-corrected chi connectivity index (χ4v) is 4.04. The molecule has 0 saturated heterocycles. The lowest BCUT2D eigenvalue weighted by Crippen LogP contribution is -2.19. The summed E-state index contributed by atoms with van der Waals surface area (Å²) in [5, 5.41) is 4.90. The molecule has 7 nitrogen and oxygen atoms in total. The van der Waals surface area contributed by atoms with Crippen molar-refractivity contribution in [3.8, 4) is 0 Å². The molecule has 0 unspecified atom stereocenters. The second-order valence-electron chi connectivity index (χ2n) is 6.21. The van der Waals surface area contributed by atoms with Crippen LogP contribution in [0, 0.1) is 27.7 Å². The Morgan fingerprint density at radius 2 is 1.96 bits per heavy atom. The number of ether oxygens (including phenoxy) is 1. The zero-order valence-corrected chi connectivity index (χ0v) is 16.7. The summed E-state index contributed by atoms with van der Waals surface area (Å²) in [7, 11) is 1.97. The Morgan fingerprint density at radius 1 is 1.23 bits per heavy atom. The molecule has 0 saturated carbocycles. The van der Waals surface area contributed by atoms with Gasteiger partial charge in [0.05, 0.1) is 17.7 Å². The molecule has 3 aromatic rings. The number of nitrogens with zero attached hydrogens (tertiary/aromatic N) is 4. The van der Waals surface area contributed by atoms with E-state index >= 15 is 0 Å². The third-order valence-corrected chi connectivity index (χ3v) is 5.45. The molecule has 138 valence electrons. The molecule has 26 heavy (non-hydrogen) atoms. The SMILES string of the molecule is CCOC(=O)c1sc2nc(C)nc(N(C)Cc3c(C)noc3C)c2c1C. The number of thiophene rings is 1. The van der Waals surface area contributed by atoms with Gasteiger partial charge in [-0.15, -0.1) is 11.3 Å². The third-order valence-electron chi connectivity index (χ3n) is 4.28. The molecular weight excluding hydrogens is 352 g/mol. The van der Waals surface area contributed by atoms with Gasteiger partial charge in [-0.1, -0.05) is 5.16 Å². The van der Waals surface area contributed by atoms with Crippen LogP contribution in [0.4, 0.5) is 5.82 Å². The first-order valence-corrected chi connectivity index (χ1v) is 9.22. The average Bonchev–Trinajstić information content (AvgIpc) is 3.08. The summed E-state index contributed by atoms with van der Waals surface area (Å²) in [6, 6.07) is 0. The van der Waals surface area contributed by atoms with Crippen LogP contribution >= 0.6 is 11.3 Å². The minimum absolute atomic E-state index is 0.315. The van der Waals surface area contributed by atoms with Crippen molar-refractivity contribution in [1.29, 1.82) is 0 Å². The highest BCUT2D eigenvalue weighted by Gasteiger charge is 2.23. The number of hydrogen-bond donors (Lipinski definition) is 0. The van der Waals surface area contributed by atoms with Crippen LogP contribution in [0.15, 0.2) is 4.52 Å². The van der Waals surface area contributed by atoms with Crippen molar-refractivity contribution in [3.63, 3.8) is 0 Å². The van der Waals surface area contributed by atoms with Crippen LogP contribution in [0.5, 0.6) is 0 Å². The molecule has 0 aliphatic carbocycles. The van der Waals surface area contributed by atoms with Crippen LogP contribution in [0.1, 0.15) is 45.0 Å². The minimum Gasteiger partial charge on any atom is -0.462 e. The zero-order valence-electron chi connectivity index (χ0n) is 15.8. The molecule has 3 aromatic heterocycles. The molecule has 0 atom stereocenters. The van der Waals surface area contributed by atoms with E-state index in [0.717, 1.165) is 38.6 Å². The van der Waals surface area contributed by atoms with Crippen molar-refractivity contribution in [2.24, 2.45) is 0 Å². The first kappa shape index (κ1) is 18.3. The molecule has 8 heteroatoms. The van der Waals surface area contributed by atoms with Crippen LogP contribution in [-0.2, 0) is 11.3 Å². The van der Waals surface area contributed by atoms with Crippen LogP contribution in [-0.4, -0.2) is 34.7 Å². The smallest absolute Gasteiger partial charge is 0.348 e. The number of carbonyl (C=O) groups excluding carboxylic acids is 1. The van der Waals surface area contributed by atoms with Gasteiger partial charge in [-0.3, -0.25) is 0 Å². The third kappa shape index (κ3) is 3.16. The molecule has 0 fully saturated rings. The first-order valence-electron chi connectivity index (χ1n) is 8.41. The maximum atomic E-state index is 12.3. The van der Waals surface area contributed by atoms with Crippen LogP contribution in [0.25, 0.3) is 10.2 Å². The van der Waals surface area contributed by atoms with Gasteiger partial charge < -0.3 is 14.2 Å². The fourth-order valence-electron chi connectivity index (χ4n) is 2.93. The number of hydrogen-bond acceptors (Lipinski definition) is 8. The highest BCUT2D eigenvalue weighted by atomic mass is 32.1. The van der Waals surface area contributed by atoms with Gasteiger partial charge in [-0.2, -0.15) is 0 Å². The largest absolute Gasteiger partial charge is 0.462 e. The highest BCUT2D eigenvalue weighted by molar-refractivity contribution is 7.20. The van der Waals surface area contributed by atoms with Crippen molar-refractivity contribution >= 4 is 33.3 Å². The van der Waals surface area contributed by atoms with E-state index in [9.17, 15) is 4.79 Å². The van der Waals surface area contributed by atoms with Gasteiger partial charge in [0.1, 0.15) is 27.1 Å². The lowest BCUT2D eigenvalue weighted by molar-refractivity contribution is 0.0531. The second-order valence-corrected chi connectivity index (χ2v) is 7.21. The van der Waals surface area contributed by atoms with Gasteiger partial charge in [-0.25, -0.2) is 14.8 Å². The maximum absolute atomic E-state index is 12.3. The number of aryl methyl sites for hydroxylation is 4. The summed E-state index contributed by atoms with van der Waals surface area (Å²) in [4.78, 5) is 24.8. The highest BCUT2D eigenvalue weighted by Crippen LogP contribution is 2.36. The number of anilines is 1. The minimum atomic E-state index is -0.315. The fraction of sp³-hybridized carbons (Fsp3) is 0.444. The molecule has 0 bridgehead atoms. The predicted molar refractivity (Wildman–Crippen MR) is 101 cm³/mol. The topological polar surface area (TPSA) is 81.4 Å². The van der Waals surface area contributed by atoms with E-state index in [-0.39, 0.29) is 5.97 Å². The van der Waals surface area contributed by atoms with E-state index in [4.69, 9.17) is 9.26 Å². The summed E-state index contributed by atoms with van der Waals surface area (Å²) in [5.74, 6) is 1.93. The van der Waals surface area contributed by atoms with Crippen molar-refractivity contribution in [1.82, 2.24) is 15.1 Å². The molecule has 0 aromatic carbocycles. The Kier molecular flexibility index (Phi) is 4.95. The average molecular weight is 374 g/mol. The van der Waals surface area contributed by atoms with E-state index in [0.29, 0.717) is 23.9 Å². The lowest BCUT2D eigenvalue weighted by atomic mass is 10.1. The van der Waals surface area contributed by atoms with E-state index in [1.165, 1.54) is 11.3 Å². The Labute approximate surface area is 156 Å². The number of fused-ring (bicyclic) bond motifs is 1. The van der Waals surface area contributed by atoms with Gasteiger partial charge in [0, 0.05) is 19.2 Å². The standard InChI is InChI=1S/C18H22N4O3S/c1-7-24-18(23)15-9(2)14-16(19-12(5)20-17(14)26-15)22(6)8-13-10(3)21-25-11(13)4/h7-8H2,1-6H3.